The van der Waals surface area contributed by atoms with Crippen LogP contribution in [0, 0.1) is 6.92 Å². The van der Waals surface area contributed by atoms with Crippen molar-refractivity contribution in [2.24, 2.45) is 0 Å². The first kappa shape index (κ1) is 18.8. The maximum atomic E-state index is 6.25. The lowest BCUT2D eigenvalue weighted by Gasteiger charge is -2.09. The monoisotopic (exact) mass is 346 g/mol. The van der Waals surface area contributed by atoms with Gasteiger partial charge in [-0.2, -0.15) is 0 Å². The molecule has 2 nitrogen and oxygen atoms in total. The van der Waals surface area contributed by atoms with Crippen LogP contribution in [0.25, 0.3) is 0 Å². The molecule has 0 saturated heterocycles. The van der Waals surface area contributed by atoms with Crippen LogP contribution in [0.15, 0.2) is 42.5 Å². The molecule has 0 bridgehead atoms. The molecule has 0 aliphatic heterocycles. The predicted molar refractivity (Wildman–Crippen MR) is 101 cm³/mol. The zero-order chi connectivity index (χ0) is 17.4. The topological polar surface area (TPSA) is 18.5 Å². The van der Waals surface area contributed by atoms with E-state index in [9.17, 15) is 0 Å². The SMILES string of the molecule is CC.Cc1ccc(Cl)c(Cc2ccc(OCCOC3CC3)cc2)c1. The number of rotatable bonds is 7. The maximum Gasteiger partial charge on any atom is 0.119 e. The van der Waals surface area contributed by atoms with E-state index in [2.05, 4.69) is 25.1 Å². The van der Waals surface area contributed by atoms with Crippen LogP contribution >= 0.6 is 11.6 Å². The molecule has 3 rings (SSSR count). The summed E-state index contributed by atoms with van der Waals surface area (Å²) in [5.74, 6) is 0.887. The van der Waals surface area contributed by atoms with Gasteiger partial charge in [-0.25, -0.2) is 0 Å². The molecular formula is C21H27ClO2. The summed E-state index contributed by atoms with van der Waals surface area (Å²) in [6, 6.07) is 14.3. The van der Waals surface area contributed by atoms with Gasteiger partial charge in [0.25, 0.3) is 0 Å². The minimum atomic E-state index is 0.491. The highest BCUT2D eigenvalue weighted by Gasteiger charge is 2.21. The van der Waals surface area contributed by atoms with Crippen molar-refractivity contribution < 1.29 is 9.47 Å². The standard InChI is InChI=1S/C19H21ClO2.C2H6/c1-14-2-9-19(20)16(12-14)13-15-3-5-17(6-4-15)21-10-11-22-18-7-8-18;1-2/h2-6,9,12,18H,7-8,10-11,13H2,1H3;1-2H3. The average molecular weight is 347 g/mol. The lowest BCUT2D eigenvalue weighted by atomic mass is 10.0. The van der Waals surface area contributed by atoms with Gasteiger partial charge in [0.15, 0.2) is 0 Å². The predicted octanol–water partition coefficient (Wildman–Crippen LogP) is 5.82. The minimum absolute atomic E-state index is 0.491. The zero-order valence-corrected chi connectivity index (χ0v) is 15.6. The molecule has 0 aromatic heterocycles. The molecule has 1 fully saturated rings. The van der Waals surface area contributed by atoms with E-state index in [1.165, 1.54) is 24.0 Å². The smallest absolute Gasteiger partial charge is 0.119 e. The maximum absolute atomic E-state index is 6.25. The summed E-state index contributed by atoms with van der Waals surface area (Å²) in [5, 5.41) is 0.822. The van der Waals surface area contributed by atoms with Gasteiger partial charge in [-0.05, 0) is 55.5 Å². The third-order valence-corrected chi connectivity index (χ3v) is 4.12. The zero-order valence-electron chi connectivity index (χ0n) is 14.8. The Labute approximate surface area is 150 Å². The van der Waals surface area contributed by atoms with Gasteiger partial charge in [0.2, 0.25) is 0 Å². The van der Waals surface area contributed by atoms with E-state index in [-0.39, 0.29) is 0 Å². The van der Waals surface area contributed by atoms with E-state index in [4.69, 9.17) is 21.1 Å². The largest absolute Gasteiger partial charge is 0.491 e. The van der Waals surface area contributed by atoms with Crippen LogP contribution in [0.1, 0.15) is 43.4 Å². The van der Waals surface area contributed by atoms with E-state index in [0.29, 0.717) is 19.3 Å². The highest BCUT2D eigenvalue weighted by Crippen LogP contribution is 2.24. The van der Waals surface area contributed by atoms with Gasteiger partial charge >= 0.3 is 0 Å². The molecule has 0 amide bonds. The van der Waals surface area contributed by atoms with Crippen molar-refractivity contribution in [1.29, 1.82) is 0 Å². The van der Waals surface area contributed by atoms with Crippen molar-refractivity contribution in [3.8, 4) is 5.75 Å². The van der Waals surface area contributed by atoms with Crippen LogP contribution in [-0.2, 0) is 11.2 Å². The third-order valence-electron chi connectivity index (χ3n) is 3.75. The summed E-state index contributed by atoms with van der Waals surface area (Å²) in [5.41, 5.74) is 3.62. The van der Waals surface area contributed by atoms with Crippen LogP contribution in [0.3, 0.4) is 0 Å². The first-order valence-corrected chi connectivity index (χ1v) is 9.17. The summed E-state index contributed by atoms with van der Waals surface area (Å²) in [6.45, 7) is 7.37. The molecule has 3 heteroatoms. The molecule has 0 heterocycles. The molecule has 0 unspecified atom stereocenters. The first-order valence-electron chi connectivity index (χ1n) is 8.79. The summed E-state index contributed by atoms with van der Waals surface area (Å²) in [7, 11) is 0. The molecule has 0 radical (unpaired) electrons. The Hall–Kier alpha value is -1.51. The Morgan fingerprint density at radius 3 is 2.38 bits per heavy atom. The second kappa shape index (κ2) is 9.71. The molecule has 0 atom stereocenters. The van der Waals surface area contributed by atoms with Crippen LogP contribution < -0.4 is 4.74 Å². The molecule has 1 saturated carbocycles. The molecule has 1 aliphatic rings. The fraction of sp³-hybridized carbons (Fsp3) is 0.429. The van der Waals surface area contributed by atoms with Crippen molar-refractivity contribution in [2.45, 2.75) is 46.1 Å². The van der Waals surface area contributed by atoms with Gasteiger partial charge < -0.3 is 9.47 Å². The molecule has 1 aliphatic carbocycles. The molecule has 2 aromatic carbocycles. The lowest BCUT2D eigenvalue weighted by Crippen LogP contribution is -2.07. The van der Waals surface area contributed by atoms with Crippen molar-refractivity contribution in [3.05, 3.63) is 64.2 Å². The van der Waals surface area contributed by atoms with Gasteiger partial charge in [0, 0.05) is 5.02 Å². The fourth-order valence-electron chi connectivity index (χ4n) is 2.37. The van der Waals surface area contributed by atoms with Gasteiger partial charge in [0.05, 0.1) is 12.7 Å². The number of hydrogen-bond donors (Lipinski definition) is 0. The number of aryl methyl sites for hydroxylation is 1. The second-order valence-corrected chi connectivity index (χ2v) is 6.24. The highest BCUT2D eigenvalue weighted by atomic mass is 35.5. The quantitative estimate of drug-likeness (QED) is 0.588. The Morgan fingerprint density at radius 1 is 1.00 bits per heavy atom. The average Bonchev–Trinajstić information content (AvgIpc) is 3.43. The molecule has 130 valence electrons. The van der Waals surface area contributed by atoms with Gasteiger partial charge in [0.1, 0.15) is 12.4 Å². The minimum Gasteiger partial charge on any atom is -0.491 e. The number of halogens is 1. The van der Waals surface area contributed by atoms with Gasteiger partial charge in [-0.15, -0.1) is 0 Å². The van der Waals surface area contributed by atoms with Crippen molar-refractivity contribution in [2.75, 3.05) is 13.2 Å². The van der Waals surface area contributed by atoms with E-state index in [1.54, 1.807) is 0 Å². The Balaban J connectivity index is 0.00000100. The van der Waals surface area contributed by atoms with Crippen LogP contribution in [0.5, 0.6) is 5.75 Å². The summed E-state index contributed by atoms with van der Waals surface area (Å²) in [6.07, 6.45) is 3.74. The lowest BCUT2D eigenvalue weighted by molar-refractivity contribution is 0.0881. The normalized spacial score (nSPS) is 13.2. The number of ether oxygens (including phenoxy) is 2. The summed E-state index contributed by atoms with van der Waals surface area (Å²) >= 11 is 6.25. The van der Waals surface area contributed by atoms with E-state index >= 15 is 0 Å². The van der Waals surface area contributed by atoms with Crippen molar-refractivity contribution in [3.63, 3.8) is 0 Å². The molecule has 24 heavy (non-hydrogen) atoms. The van der Waals surface area contributed by atoms with E-state index < -0.39 is 0 Å². The van der Waals surface area contributed by atoms with Gasteiger partial charge in [-0.3, -0.25) is 0 Å². The van der Waals surface area contributed by atoms with Crippen molar-refractivity contribution >= 4 is 11.6 Å². The van der Waals surface area contributed by atoms with Crippen molar-refractivity contribution in [1.82, 2.24) is 0 Å². The molecule has 0 spiro atoms. The Morgan fingerprint density at radius 2 is 1.71 bits per heavy atom. The molecule has 0 N–H and O–H groups in total. The van der Waals surface area contributed by atoms with Crippen LogP contribution in [-0.4, -0.2) is 19.3 Å². The number of hydrogen-bond acceptors (Lipinski definition) is 2. The molecule has 2 aromatic rings. The van der Waals surface area contributed by atoms with E-state index in [0.717, 1.165) is 22.8 Å². The Kier molecular flexibility index (Phi) is 7.61. The first-order chi connectivity index (χ1) is 11.7. The second-order valence-electron chi connectivity index (χ2n) is 5.83. The van der Waals surface area contributed by atoms with Gasteiger partial charge in [-0.1, -0.05) is 55.3 Å². The fourth-order valence-corrected chi connectivity index (χ4v) is 2.56. The summed E-state index contributed by atoms with van der Waals surface area (Å²) in [4.78, 5) is 0. The van der Waals surface area contributed by atoms with Crippen LogP contribution in [0.4, 0.5) is 0 Å². The molecular weight excluding hydrogens is 320 g/mol. The number of benzene rings is 2. The van der Waals surface area contributed by atoms with E-state index in [1.807, 2.05) is 38.1 Å². The highest BCUT2D eigenvalue weighted by molar-refractivity contribution is 6.31. The third kappa shape index (κ3) is 6.18. The van der Waals surface area contributed by atoms with Crippen LogP contribution in [0.2, 0.25) is 5.02 Å². The Bertz CT molecular complexity index is 618. The summed E-state index contributed by atoms with van der Waals surface area (Å²) < 4.78 is 11.2.